The SMILES string of the molecule is CCOc1ccc(C=Nc2cc(Cl)ccc2C)cc1OC. The zero-order chi connectivity index (χ0) is 15.2. The molecule has 4 heteroatoms. The molecule has 2 aromatic rings. The molecule has 0 fully saturated rings. The highest BCUT2D eigenvalue weighted by atomic mass is 35.5. The Hall–Kier alpha value is -2.00. The van der Waals surface area contributed by atoms with E-state index in [0.29, 0.717) is 17.4 Å². The van der Waals surface area contributed by atoms with Crippen molar-refractivity contribution in [3.63, 3.8) is 0 Å². The van der Waals surface area contributed by atoms with Gasteiger partial charge in [0.15, 0.2) is 11.5 Å². The topological polar surface area (TPSA) is 30.8 Å². The lowest BCUT2D eigenvalue weighted by Gasteiger charge is -2.09. The van der Waals surface area contributed by atoms with Crippen LogP contribution in [0.1, 0.15) is 18.1 Å². The van der Waals surface area contributed by atoms with Gasteiger partial charge in [-0.1, -0.05) is 17.7 Å². The molecule has 0 aliphatic carbocycles. The van der Waals surface area contributed by atoms with Gasteiger partial charge in [0, 0.05) is 11.2 Å². The predicted molar refractivity (Wildman–Crippen MR) is 87.6 cm³/mol. The monoisotopic (exact) mass is 303 g/mol. The first-order chi connectivity index (χ1) is 10.1. The maximum Gasteiger partial charge on any atom is 0.161 e. The smallest absolute Gasteiger partial charge is 0.161 e. The van der Waals surface area contributed by atoms with Crippen LogP contribution in [-0.4, -0.2) is 19.9 Å². The molecule has 0 heterocycles. The highest BCUT2D eigenvalue weighted by Gasteiger charge is 2.04. The zero-order valence-electron chi connectivity index (χ0n) is 12.4. The van der Waals surface area contributed by atoms with Gasteiger partial charge < -0.3 is 9.47 Å². The van der Waals surface area contributed by atoms with E-state index in [1.165, 1.54) is 0 Å². The molecule has 0 unspecified atom stereocenters. The summed E-state index contributed by atoms with van der Waals surface area (Å²) in [6.07, 6.45) is 1.79. The van der Waals surface area contributed by atoms with Crippen molar-refractivity contribution >= 4 is 23.5 Å². The summed E-state index contributed by atoms with van der Waals surface area (Å²) in [6.45, 7) is 4.55. The van der Waals surface area contributed by atoms with Gasteiger partial charge >= 0.3 is 0 Å². The van der Waals surface area contributed by atoms with Gasteiger partial charge in [-0.25, -0.2) is 0 Å². The van der Waals surface area contributed by atoms with Crippen molar-refractivity contribution < 1.29 is 9.47 Å². The van der Waals surface area contributed by atoms with E-state index < -0.39 is 0 Å². The van der Waals surface area contributed by atoms with Gasteiger partial charge in [0.1, 0.15) is 0 Å². The van der Waals surface area contributed by atoms with Crippen LogP contribution >= 0.6 is 11.6 Å². The normalized spacial score (nSPS) is 10.9. The van der Waals surface area contributed by atoms with Crippen molar-refractivity contribution in [3.8, 4) is 11.5 Å². The maximum absolute atomic E-state index is 5.99. The van der Waals surface area contributed by atoms with Crippen LogP contribution in [0.4, 0.5) is 5.69 Å². The average molecular weight is 304 g/mol. The number of halogens is 1. The van der Waals surface area contributed by atoms with Crippen molar-refractivity contribution in [2.75, 3.05) is 13.7 Å². The Morgan fingerprint density at radius 3 is 2.67 bits per heavy atom. The minimum atomic E-state index is 0.603. The summed E-state index contributed by atoms with van der Waals surface area (Å²) in [5.41, 5.74) is 2.87. The molecule has 0 spiro atoms. The number of rotatable bonds is 5. The third kappa shape index (κ3) is 3.99. The standard InChI is InChI=1S/C17H18ClNO2/c1-4-21-16-8-6-13(9-17(16)20-3)11-19-15-10-14(18)7-5-12(15)2/h5-11H,4H2,1-3H3. The molecule has 0 aromatic heterocycles. The Balaban J connectivity index is 2.26. The summed E-state index contributed by atoms with van der Waals surface area (Å²) in [6, 6.07) is 11.4. The van der Waals surface area contributed by atoms with Crippen LogP contribution in [0.5, 0.6) is 11.5 Å². The van der Waals surface area contributed by atoms with Crippen LogP contribution < -0.4 is 9.47 Å². The van der Waals surface area contributed by atoms with E-state index in [9.17, 15) is 0 Å². The van der Waals surface area contributed by atoms with E-state index in [4.69, 9.17) is 21.1 Å². The molecule has 0 N–H and O–H groups in total. The van der Waals surface area contributed by atoms with Gasteiger partial charge in [-0.3, -0.25) is 4.99 Å². The van der Waals surface area contributed by atoms with E-state index in [-0.39, 0.29) is 0 Å². The lowest BCUT2D eigenvalue weighted by molar-refractivity contribution is 0.311. The summed E-state index contributed by atoms with van der Waals surface area (Å²) < 4.78 is 10.8. The molecule has 2 aromatic carbocycles. The van der Waals surface area contributed by atoms with Crippen LogP contribution in [0.15, 0.2) is 41.4 Å². The fourth-order valence-electron chi connectivity index (χ4n) is 1.90. The second-order valence-corrected chi connectivity index (χ2v) is 4.97. The molecule has 0 aliphatic rings. The number of aryl methyl sites for hydroxylation is 1. The second kappa shape index (κ2) is 7.14. The van der Waals surface area contributed by atoms with E-state index >= 15 is 0 Å². The van der Waals surface area contributed by atoms with Gasteiger partial charge in [0.25, 0.3) is 0 Å². The van der Waals surface area contributed by atoms with Gasteiger partial charge in [-0.2, -0.15) is 0 Å². The first-order valence-corrected chi connectivity index (χ1v) is 7.13. The minimum absolute atomic E-state index is 0.603. The van der Waals surface area contributed by atoms with Crippen molar-refractivity contribution in [3.05, 3.63) is 52.5 Å². The quantitative estimate of drug-likeness (QED) is 0.742. The van der Waals surface area contributed by atoms with E-state index in [1.807, 2.05) is 50.2 Å². The number of hydrogen-bond acceptors (Lipinski definition) is 3. The van der Waals surface area contributed by atoms with Crippen LogP contribution in [0, 0.1) is 6.92 Å². The highest BCUT2D eigenvalue weighted by Crippen LogP contribution is 2.28. The lowest BCUT2D eigenvalue weighted by Crippen LogP contribution is -1.96. The van der Waals surface area contributed by atoms with Crippen molar-refractivity contribution in [1.82, 2.24) is 0 Å². The summed E-state index contributed by atoms with van der Waals surface area (Å²) in [5, 5.41) is 0.678. The fraction of sp³-hybridized carbons (Fsp3) is 0.235. The van der Waals surface area contributed by atoms with Gasteiger partial charge in [-0.15, -0.1) is 0 Å². The number of benzene rings is 2. The molecule has 0 saturated heterocycles. The molecule has 0 saturated carbocycles. The molecule has 0 atom stereocenters. The van der Waals surface area contributed by atoms with Gasteiger partial charge in [-0.05, 0) is 55.3 Å². The van der Waals surface area contributed by atoms with E-state index in [0.717, 1.165) is 22.6 Å². The molecule has 21 heavy (non-hydrogen) atoms. The molecule has 0 bridgehead atoms. The summed E-state index contributed by atoms with van der Waals surface area (Å²) in [4.78, 5) is 4.48. The third-order valence-corrected chi connectivity index (χ3v) is 3.25. The van der Waals surface area contributed by atoms with E-state index in [2.05, 4.69) is 4.99 Å². The van der Waals surface area contributed by atoms with Gasteiger partial charge in [0.05, 0.1) is 19.4 Å². The zero-order valence-corrected chi connectivity index (χ0v) is 13.1. The molecular weight excluding hydrogens is 286 g/mol. The second-order valence-electron chi connectivity index (χ2n) is 4.53. The number of aliphatic imine (C=N–C) groups is 1. The van der Waals surface area contributed by atoms with Crippen LogP contribution in [0.3, 0.4) is 0 Å². The molecule has 3 nitrogen and oxygen atoms in total. The number of hydrogen-bond donors (Lipinski definition) is 0. The van der Waals surface area contributed by atoms with Gasteiger partial charge in [0.2, 0.25) is 0 Å². The number of methoxy groups -OCH3 is 1. The summed E-state index contributed by atoms with van der Waals surface area (Å²) in [7, 11) is 1.62. The summed E-state index contributed by atoms with van der Waals surface area (Å²) in [5.74, 6) is 1.43. The van der Waals surface area contributed by atoms with Crippen molar-refractivity contribution in [1.29, 1.82) is 0 Å². The molecular formula is C17H18ClNO2. The molecule has 2 rings (SSSR count). The van der Waals surface area contributed by atoms with Crippen molar-refractivity contribution in [2.24, 2.45) is 4.99 Å². The average Bonchev–Trinajstić information content (AvgIpc) is 2.49. The van der Waals surface area contributed by atoms with Crippen LogP contribution in [-0.2, 0) is 0 Å². The first-order valence-electron chi connectivity index (χ1n) is 6.75. The van der Waals surface area contributed by atoms with Crippen LogP contribution in [0.25, 0.3) is 0 Å². The van der Waals surface area contributed by atoms with Crippen molar-refractivity contribution in [2.45, 2.75) is 13.8 Å². The largest absolute Gasteiger partial charge is 0.493 e. The molecule has 0 aliphatic heterocycles. The third-order valence-electron chi connectivity index (χ3n) is 3.01. The fourth-order valence-corrected chi connectivity index (χ4v) is 2.07. The van der Waals surface area contributed by atoms with Crippen LogP contribution in [0.2, 0.25) is 5.02 Å². The minimum Gasteiger partial charge on any atom is -0.493 e. The molecule has 0 amide bonds. The lowest BCUT2D eigenvalue weighted by atomic mass is 10.2. The highest BCUT2D eigenvalue weighted by molar-refractivity contribution is 6.30. The predicted octanol–water partition coefficient (Wildman–Crippen LogP) is 4.81. The maximum atomic E-state index is 5.99. The Kier molecular flexibility index (Phi) is 5.23. The molecule has 110 valence electrons. The molecule has 0 radical (unpaired) electrons. The Morgan fingerprint density at radius 1 is 1.14 bits per heavy atom. The first kappa shape index (κ1) is 15.4. The Labute approximate surface area is 130 Å². The Bertz CT molecular complexity index is 653. The summed E-state index contributed by atoms with van der Waals surface area (Å²) >= 11 is 5.99. The number of ether oxygens (including phenoxy) is 2. The van der Waals surface area contributed by atoms with E-state index in [1.54, 1.807) is 13.3 Å². The number of nitrogens with zero attached hydrogens (tertiary/aromatic N) is 1. The Morgan fingerprint density at radius 2 is 1.95 bits per heavy atom.